The van der Waals surface area contributed by atoms with Gasteiger partial charge in [0.05, 0.1) is 36.7 Å². The molecule has 1 aliphatic carbocycles. The molecule has 0 spiro atoms. The van der Waals surface area contributed by atoms with Crippen molar-refractivity contribution in [1.82, 2.24) is 0 Å². The number of benzene rings is 4. The summed E-state index contributed by atoms with van der Waals surface area (Å²) in [5.74, 6) is -0.364. The van der Waals surface area contributed by atoms with Gasteiger partial charge in [-0.05, 0) is 117 Å². The zero-order chi connectivity index (χ0) is 41.1. The maximum absolute atomic E-state index is 15.6. The Labute approximate surface area is 365 Å². The van der Waals surface area contributed by atoms with E-state index in [2.05, 4.69) is 113 Å². The Kier molecular flexibility index (Phi) is 14.4. The highest BCUT2D eigenvalue weighted by Gasteiger charge is 2.48. The van der Waals surface area contributed by atoms with Crippen molar-refractivity contribution in [3.63, 3.8) is 0 Å². The average molecular weight is 1010 g/mol. The van der Waals surface area contributed by atoms with Crippen LogP contribution in [-0.4, -0.2) is 40.7 Å². The lowest BCUT2D eigenvalue weighted by molar-refractivity contribution is -0.119. The molecule has 0 heterocycles. The van der Waals surface area contributed by atoms with Crippen molar-refractivity contribution < 1.29 is 18.4 Å². The number of hydrogen-bond acceptors (Lipinski definition) is 4. The van der Waals surface area contributed by atoms with Crippen LogP contribution in [-0.2, 0) is 31.5 Å². The van der Waals surface area contributed by atoms with Gasteiger partial charge in [-0.2, -0.15) is 0 Å². The molecule has 5 rings (SSSR count). The van der Waals surface area contributed by atoms with Gasteiger partial charge in [0, 0.05) is 31.1 Å². The molecule has 0 aromatic heterocycles. The van der Waals surface area contributed by atoms with Gasteiger partial charge in [0.1, 0.15) is 0 Å². The van der Waals surface area contributed by atoms with Crippen LogP contribution in [0.5, 0.6) is 0 Å². The highest BCUT2D eigenvalue weighted by molar-refractivity contribution is 14.1. The number of carbonyl (C=O) groups excluding carboxylic acids is 2. The largest absolute Gasteiger partial charge is 0.411 e. The summed E-state index contributed by atoms with van der Waals surface area (Å²) in [6.07, 6.45) is -0.279. The number of rotatable bonds is 12. The molecule has 2 atom stereocenters. The van der Waals surface area contributed by atoms with E-state index in [0.29, 0.717) is 24.2 Å². The molecule has 4 aromatic carbocycles. The quantitative estimate of drug-likeness (QED) is 0.105. The van der Waals surface area contributed by atoms with Gasteiger partial charge in [-0.15, -0.1) is 0 Å². The Hall–Kier alpha value is -2.63. The van der Waals surface area contributed by atoms with E-state index < -0.39 is 28.8 Å². The smallest absolute Gasteiger partial charge is 0.255 e. The third-order valence-corrected chi connectivity index (χ3v) is 22.6. The van der Waals surface area contributed by atoms with Crippen molar-refractivity contribution in [2.75, 3.05) is 9.80 Å². The molecule has 0 bridgehead atoms. The number of anilines is 2. The molecule has 0 unspecified atom stereocenters. The maximum Gasteiger partial charge on any atom is 0.255 e. The van der Waals surface area contributed by atoms with E-state index >= 15 is 9.59 Å². The molecule has 4 aromatic rings. The van der Waals surface area contributed by atoms with Gasteiger partial charge in [0.15, 0.2) is 16.6 Å². The van der Waals surface area contributed by atoms with Crippen LogP contribution in [0, 0.1) is 7.14 Å². The normalized spacial score (nSPS) is 16.8. The first-order valence-electron chi connectivity index (χ1n) is 19.5. The average Bonchev–Trinajstić information content (AvgIpc) is 3.13. The fourth-order valence-corrected chi connectivity index (χ4v) is 10.5. The van der Waals surface area contributed by atoms with Gasteiger partial charge < -0.3 is 18.7 Å². The molecule has 0 fully saturated rings. The van der Waals surface area contributed by atoms with Crippen molar-refractivity contribution in [3.05, 3.63) is 139 Å². The molecular formula is C46H58I2N2O4Si2. The molecule has 1 aliphatic rings. The van der Waals surface area contributed by atoms with E-state index in [4.69, 9.17) is 8.85 Å². The van der Waals surface area contributed by atoms with Crippen LogP contribution in [0.1, 0.15) is 65.5 Å². The van der Waals surface area contributed by atoms with E-state index in [0.717, 1.165) is 29.6 Å². The summed E-state index contributed by atoms with van der Waals surface area (Å²) >= 11 is 4.62. The summed E-state index contributed by atoms with van der Waals surface area (Å²) in [4.78, 5) is 35.0. The van der Waals surface area contributed by atoms with Crippen molar-refractivity contribution in [2.24, 2.45) is 0 Å². The van der Waals surface area contributed by atoms with Crippen LogP contribution in [0.25, 0.3) is 0 Å². The molecular weight excluding hydrogens is 954 g/mol. The minimum atomic E-state index is -2.37. The SMILES string of the molecule is CC(C)(C)[Si](C)(C)O[C@H]1CC(C(=O)N(Cc2ccccc2)c2ccccc2I)=C(C(=O)N(Cc2ccccc2)c2ccccc2I)C[C@@H]1O[Si](C)(C)C(C)(C)C. The topological polar surface area (TPSA) is 59.1 Å². The van der Waals surface area contributed by atoms with Crippen LogP contribution in [0.4, 0.5) is 11.4 Å². The van der Waals surface area contributed by atoms with E-state index in [9.17, 15) is 0 Å². The van der Waals surface area contributed by atoms with E-state index in [1.807, 2.05) is 119 Å². The van der Waals surface area contributed by atoms with Gasteiger partial charge in [0.25, 0.3) is 11.8 Å². The zero-order valence-electron chi connectivity index (χ0n) is 34.7. The lowest BCUT2D eigenvalue weighted by Gasteiger charge is -2.47. The highest BCUT2D eigenvalue weighted by Crippen LogP contribution is 2.45. The number of amides is 2. The number of para-hydroxylation sites is 2. The van der Waals surface area contributed by atoms with Crippen LogP contribution in [0.15, 0.2) is 120 Å². The Morgan fingerprint density at radius 3 is 1.16 bits per heavy atom. The molecule has 0 aliphatic heterocycles. The Balaban J connectivity index is 1.75. The highest BCUT2D eigenvalue weighted by atomic mass is 127. The lowest BCUT2D eigenvalue weighted by Crippen LogP contribution is -2.54. The second-order valence-electron chi connectivity index (χ2n) is 17.9. The standard InChI is InChI=1S/C46H58I2N2O4Si2/c1-45(2,3)55(7,8)53-41-29-35(43(51)49(31-33-21-13-11-14-22-33)39-27-19-17-25-37(39)47)36(30-42(41)54-56(9,10)46(4,5)6)44(52)50(32-34-23-15-12-16-24-34)40-28-20-18-26-38(40)48/h11-28,41-42H,29-32H2,1-10H3/t41-,42-/m0/s1. The van der Waals surface area contributed by atoms with E-state index in [1.54, 1.807) is 0 Å². The Bertz CT molecular complexity index is 1880. The summed E-state index contributed by atoms with van der Waals surface area (Å²) in [5, 5.41) is -0.150. The molecule has 56 heavy (non-hydrogen) atoms. The lowest BCUT2D eigenvalue weighted by atomic mass is 9.85. The van der Waals surface area contributed by atoms with Gasteiger partial charge in [0.2, 0.25) is 0 Å². The van der Waals surface area contributed by atoms with Crippen LogP contribution < -0.4 is 9.80 Å². The summed E-state index contributed by atoms with van der Waals surface area (Å²) < 4.78 is 16.5. The van der Waals surface area contributed by atoms with E-state index in [-0.39, 0.29) is 34.7 Å². The Morgan fingerprint density at radius 1 is 0.554 bits per heavy atom. The first kappa shape index (κ1) is 44.5. The number of hydrogen-bond donors (Lipinski definition) is 0. The van der Waals surface area contributed by atoms with Crippen molar-refractivity contribution in [2.45, 2.75) is 116 Å². The monoisotopic (exact) mass is 1010 g/mol. The molecule has 0 saturated carbocycles. The van der Waals surface area contributed by atoms with Gasteiger partial charge in [-0.25, -0.2) is 0 Å². The molecule has 10 heteroatoms. The van der Waals surface area contributed by atoms with Crippen molar-refractivity contribution in [1.29, 1.82) is 0 Å². The predicted octanol–water partition coefficient (Wildman–Crippen LogP) is 12.5. The zero-order valence-corrected chi connectivity index (χ0v) is 41.0. The molecule has 0 N–H and O–H groups in total. The Morgan fingerprint density at radius 2 is 0.857 bits per heavy atom. The van der Waals surface area contributed by atoms with Crippen LogP contribution in [0.3, 0.4) is 0 Å². The molecule has 298 valence electrons. The fraction of sp³-hybridized carbons (Fsp3) is 0.391. The van der Waals surface area contributed by atoms with Crippen LogP contribution >= 0.6 is 45.2 Å². The summed E-state index contributed by atoms with van der Waals surface area (Å²) in [5.41, 5.74) is 4.61. The van der Waals surface area contributed by atoms with E-state index in [1.165, 1.54) is 0 Å². The number of nitrogens with zero attached hydrogens (tertiary/aromatic N) is 2. The van der Waals surface area contributed by atoms with Crippen molar-refractivity contribution >= 4 is 85.0 Å². The number of halogens is 2. The third kappa shape index (κ3) is 10.5. The second kappa shape index (κ2) is 18.1. The minimum absolute atomic E-state index is 0.0749. The van der Waals surface area contributed by atoms with Gasteiger partial charge >= 0.3 is 0 Å². The molecule has 6 nitrogen and oxygen atoms in total. The summed E-state index contributed by atoms with van der Waals surface area (Å²) in [7, 11) is -4.74. The predicted molar refractivity (Wildman–Crippen MR) is 254 cm³/mol. The fourth-order valence-electron chi connectivity index (χ4n) is 6.42. The molecule has 0 radical (unpaired) electrons. The molecule has 2 amide bonds. The first-order chi connectivity index (χ1) is 26.2. The third-order valence-electron chi connectivity index (χ3n) is 11.8. The minimum Gasteiger partial charge on any atom is -0.411 e. The first-order valence-corrected chi connectivity index (χ1v) is 27.5. The van der Waals surface area contributed by atoms with Crippen LogP contribution in [0.2, 0.25) is 36.3 Å². The maximum atomic E-state index is 15.6. The van der Waals surface area contributed by atoms with Crippen molar-refractivity contribution in [3.8, 4) is 0 Å². The summed E-state index contributed by atoms with van der Waals surface area (Å²) in [6.45, 7) is 23.2. The number of carbonyl (C=O) groups is 2. The molecule has 0 saturated heterocycles. The van der Waals surface area contributed by atoms with Gasteiger partial charge in [-0.1, -0.05) is 126 Å². The second-order valence-corrected chi connectivity index (χ2v) is 29.7. The summed E-state index contributed by atoms with van der Waals surface area (Å²) in [6, 6.07) is 36.1. The van der Waals surface area contributed by atoms with Gasteiger partial charge in [-0.3, -0.25) is 9.59 Å².